The summed E-state index contributed by atoms with van der Waals surface area (Å²) in [6, 6.07) is 20.1. The SMILES string of the molecule is COc1cccc(N2CCN(C(=O)n3c4ccccc4c(=O)c4cc(N)ccc43)CC2)c1. The van der Waals surface area contributed by atoms with Gasteiger partial charge in [-0.15, -0.1) is 0 Å². The van der Waals surface area contributed by atoms with E-state index in [2.05, 4.69) is 4.90 Å². The monoisotopic (exact) mass is 428 g/mol. The Labute approximate surface area is 185 Å². The first-order chi connectivity index (χ1) is 15.6. The maximum absolute atomic E-state index is 13.7. The minimum Gasteiger partial charge on any atom is -0.497 e. The molecule has 1 saturated heterocycles. The van der Waals surface area contributed by atoms with Crippen molar-refractivity contribution in [3.8, 4) is 5.75 Å². The van der Waals surface area contributed by atoms with Gasteiger partial charge in [0.2, 0.25) is 0 Å². The number of ether oxygens (including phenoxy) is 1. The highest BCUT2D eigenvalue weighted by Gasteiger charge is 2.25. The lowest BCUT2D eigenvalue weighted by atomic mass is 10.1. The van der Waals surface area contributed by atoms with Crippen LogP contribution in [0, 0.1) is 0 Å². The Balaban J connectivity index is 1.50. The zero-order valence-corrected chi connectivity index (χ0v) is 17.8. The molecule has 1 amide bonds. The second-order valence-corrected chi connectivity index (χ2v) is 7.92. The van der Waals surface area contributed by atoms with E-state index in [1.807, 2.05) is 47.4 Å². The standard InChI is InChI=1S/C25H24N4O3/c1-32-19-6-4-5-18(16-19)27-11-13-28(14-12-27)25(31)29-22-8-3-2-7-20(22)24(30)21-15-17(26)9-10-23(21)29/h2-10,15-16H,11-14,26H2,1H3. The number of para-hydroxylation sites is 1. The van der Waals surface area contributed by atoms with Crippen molar-refractivity contribution in [2.45, 2.75) is 0 Å². The van der Waals surface area contributed by atoms with E-state index in [1.54, 1.807) is 35.9 Å². The summed E-state index contributed by atoms with van der Waals surface area (Å²) in [5.41, 5.74) is 8.57. The lowest BCUT2D eigenvalue weighted by Gasteiger charge is -2.36. The number of aromatic nitrogens is 1. The third kappa shape index (κ3) is 3.32. The number of nitrogen functional groups attached to an aromatic ring is 1. The maximum Gasteiger partial charge on any atom is 0.329 e. The van der Waals surface area contributed by atoms with Crippen LogP contribution in [0.3, 0.4) is 0 Å². The molecule has 7 nitrogen and oxygen atoms in total. The number of fused-ring (bicyclic) bond motifs is 2. The number of hydrogen-bond donors (Lipinski definition) is 1. The summed E-state index contributed by atoms with van der Waals surface area (Å²) in [6.45, 7) is 2.57. The topological polar surface area (TPSA) is 80.8 Å². The third-order valence-electron chi connectivity index (χ3n) is 6.06. The summed E-state index contributed by atoms with van der Waals surface area (Å²) in [7, 11) is 1.66. The lowest BCUT2D eigenvalue weighted by Crippen LogP contribution is -2.50. The molecule has 0 atom stereocenters. The molecule has 1 aliphatic rings. The van der Waals surface area contributed by atoms with Crippen LogP contribution in [0.15, 0.2) is 71.5 Å². The highest BCUT2D eigenvalue weighted by Crippen LogP contribution is 2.25. The van der Waals surface area contributed by atoms with E-state index in [0.29, 0.717) is 53.7 Å². The van der Waals surface area contributed by atoms with Crippen LogP contribution in [0.5, 0.6) is 5.75 Å². The van der Waals surface area contributed by atoms with Gasteiger partial charge in [0, 0.05) is 54.4 Å². The molecule has 32 heavy (non-hydrogen) atoms. The normalized spacial score (nSPS) is 14.2. The number of carbonyl (C=O) groups excluding carboxylic acids is 1. The summed E-state index contributed by atoms with van der Waals surface area (Å²) < 4.78 is 6.98. The molecular weight excluding hydrogens is 404 g/mol. The number of hydrogen-bond acceptors (Lipinski definition) is 5. The van der Waals surface area contributed by atoms with Crippen molar-refractivity contribution >= 4 is 39.2 Å². The van der Waals surface area contributed by atoms with Gasteiger partial charge >= 0.3 is 6.03 Å². The van der Waals surface area contributed by atoms with E-state index in [1.165, 1.54) is 0 Å². The molecule has 0 bridgehead atoms. The fourth-order valence-corrected chi connectivity index (χ4v) is 4.38. The number of nitrogens with zero attached hydrogens (tertiary/aromatic N) is 3. The summed E-state index contributed by atoms with van der Waals surface area (Å²) >= 11 is 0. The largest absolute Gasteiger partial charge is 0.497 e. The van der Waals surface area contributed by atoms with Crippen LogP contribution in [0.25, 0.3) is 21.8 Å². The second-order valence-electron chi connectivity index (χ2n) is 7.92. The first kappa shape index (κ1) is 19.9. The van der Waals surface area contributed by atoms with Crippen molar-refractivity contribution in [2.75, 3.05) is 43.9 Å². The number of carbonyl (C=O) groups is 1. The molecule has 1 aliphatic heterocycles. The van der Waals surface area contributed by atoms with Gasteiger partial charge in [-0.25, -0.2) is 4.79 Å². The zero-order chi connectivity index (χ0) is 22.2. The zero-order valence-electron chi connectivity index (χ0n) is 17.8. The Bertz CT molecular complexity index is 1390. The van der Waals surface area contributed by atoms with E-state index in [9.17, 15) is 9.59 Å². The van der Waals surface area contributed by atoms with Gasteiger partial charge in [-0.2, -0.15) is 0 Å². The van der Waals surface area contributed by atoms with Crippen molar-refractivity contribution in [1.29, 1.82) is 0 Å². The van der Waals surface area contributed by atoms with Crippen LogP contribution in [-0.2, 0) is 0 Å². The summed E-state index contributed by atoms with van der Waals surface area (Å²) in [4.78, 5) is 30.8. The average molecular weight is 428 g/mol. The number of benzene rings is 3. The number of piperazine rings is 1. The van der Waals surface area contributed by atoms with Crippen molar-refractivity contribution < 1.29 is 9.53 Å². The lowest BCUT2D eigenvalue weighted by molar-refractivity contribution is 0.198. The van der Waals surface area contributed by atoms with Crippen LogP contribution in [-0.4, -0.2) is 48.8 Å². The first-order valence-electron chi connectivity index (χ1n) is 10.6. The molecular formula is C25H24N4O3. The van der Waals surface area contributed by atoms with Crippen molar-refractivity contribution in [3.05, 3.63) is 77.0 Å². The summed E-state index contributed by atoms with van der Waals surface area (Å²) in [5.74, 6) is 0.812. The maximum atomic E-state index is 13.7. The Kier molecular flexibility index (Phi) is 4.93. The predicted octanol–water partition coefficient (Wildman–Crippen LogP) is 3.54. The number of amides is 1. The molecule has 162 valence electrons. The Morgan fingerprint density at radius 1 is 0.875 bits per heavy atom. The van der Waals surface area contributed by atoms with Gasteiger partial charge in [0.15, 0.2) is 5.43 Å². The van der Waals surface area contributed by atoms with Gasteiger partial charge in [-0.1, -0.05) is 18.2 Å². The molecule has 7 heteroatoms. The molecule has 2 heterocycles. The van der Waals surface area contributed by atoms with Gasteiger partial charge in [-0.3, -0.25) is 9.36 Å². The minimum absolute atomic E-state index is 0.116. The van der Waals surface area contributed by atoms with Crippen molar-refractivity contribution in [3.63, 3.8) is 0 Å². The Hall–Kier alpha value is -4.00. The van der Waals surface area contributed by atoms with E-state index in [4.69, 9.17) is 10.5 Å². The van der Waals surface area contributed by atoms with Gasteiger partial charge in [0.25, 0.3) is 0 Å². The van der Waals surface area contributed by atoms with E-state index < -0.39 is 0 Å². The summed E-state index contributed by atoms with van der Waals surface area (Å²) in [5, 5.41) is 0.959. The molecule has 0 aliphatic carbocycles. The molecule has 4 aromatic rings. The molecule has 0 unspecified atom stereocenters. The highest BCUT2D eigenvalue weighted by atomic mass is 16.5. The van der Waals surface area contributed by atoms with Crippen molar-refractivity contribution in [1.82, 2.24) is 9.47 Å². The number of nitrogens with two attached hydrogens (primary N) is 1. The van der Waals surface area contributed by atoms with E-state index >= 15 is 0 Å². The fourth-order valence-electron chi connectivity index (χ4n) is 4.38. The van der Waals surface area contributed by atoms with E-state index in [0.717, 1.165) is 11.4 Å². The van der Waals surface area contributed by atoms with Crippen LogP contribution >= 0.6 is 0 Å². The molecule has 0 radical (unpaired) electrons. The van der Waals surface area contributed by atoms with E-state index in [-0.39, 0.29) is 11.5 Å². The van der Waals surface area contributed by atoms with Gasteiger partial charge in [0.05, 0.1) is 18.1 Å². The van der Waals surface area contributed by atoms with Crippen LogP contribution in [0.2, 0.25) is 0 Å². The number of rotatable bonds is 2. The van der Waals surface area contributed by atoms with Crippen molar-refractivity contribution in [2.24, 2.45) is 0 Å². The predicted molar refractivity (Wildman–Crippen MR) is 128 cm³/mol. The third-order valence-corrected chi connectivity index (χ3v) is 6.06. The molecule has 5 rings (SSSR count). The molecule has 0 saturated carbocycles. The fraction of sp³-hybridized carbons (Fsp3) is 0.200. The second kappa shape index (κ2) is 7.92. The number of methoxy groups -OCH3 is 1. The Morgan fingerprint density at radius 2 is 1.62 bits per heavy atom. The quantitative estimate of drug-likeness (QED) is 0.390. The van der Waals surface area contributed by atoms with Crippen LogP contribution in [0.1, 0.15) is 0 Å². The molecule has 3 aromatic carbocycles. The van der Waals surface area contributed by atoms with Gasteiger partial charge < -0.3 is 20.3 Å². The molecule has 1 aromatic heterocycles. The van der Waals surface area contributed by atoms with Gasteiger partial charge in [0.1, 0.15) is 5.75 Å². The Morgan fingerprint density at radius 3 is 2.41 bits per heavy atom. The van der Waals surface area contributed by atoms with Crippen LogP contribution in [0.4, 0.5) is 16.2 Å². The van der Waals surface area contributed by atoms with Gasteiger partial charge in [-0.05, 0) is 42.5 Å². The molecule has 2 N–H and O–H groups in total. The first-order valence-corrected chi connectivity index (χ1v) is 10.6. The number of pyridine rings is 1. The smallest absolute Gasteiger partial charge is 0.329 e. The summed E-state index contributed by atoms with van der Waals surface area (Å²) in [6.07, 6.45) is 0. The molecule has 0 spiro atoms. The minimum atomic E-state index is -0.138. The average Bonchev–Trinajstić information content (AvgIpc) is 2.84. The molecule has 1 fully saturated rings. The number of anilines is 2. The van der Waals surface area contributed by atoms with Crippen LogP contribution < -0.4 is 20.8 Å². The highest BCUT2D eigenvalue weighted by molar-refractivity contribution is 6.02.